The summed E-state index contributed by atoms with van der Waals surface area (Å²) in [4.78, 5) is 2.36. The molecule has 0 fully saturated rings. The van der Waals surface area contributed by atoms with E-state index in [9.17, 15) is 0 Å². The van der Waals surface area contributed by atoms with Gasteiger partial charge in [0.1, 0.15) is 0 Å². The van der Waals surface area contributed by atoms with Crippen molar-refractivity contribution < 1.29 is 0 Å². The third-order valence-corrected chi connectivity index (χ3v) is 10.3. The second-order valence-electron chi connectivity index (χ2n) is 13.4. The number of rotatable bonds is 6. The van der Waals surface area contributed by atoms with E-state index in [1.54, 1.807) is 0 Å². The summed E-state index contributed by atoms with van der Waals surface area (Å²) < 4.78 is 2.40. The normalized spacial score (nSPS) is 11.5. The van der Waals surface area contributed by atoms with E-state index in [0.29, 0.717) is 0 Å². The highest BCUT2D eigenvalue weighted by Gasteiger charge is 2.17. The zero-order valence-electron chi connectivity index (χ0n) is 28.5. The number of hydrogen-bond donors (Lipinski definition) is 0. The quantitative estimate of drug-likeness (QED) is 0.172. The van der Waals surface area contributed by atoms with E-state index in [1.165, 1.54) is 65.6 Å². The van der Waals surface area contributed by atoms with Gasteiger partial charge in [0.15, 0.2) is 0 Å². The summed E-state index contributed by atoms with van der Waals surface area (Å²) in [6, 6.07) is 74.7. The molecular weight excluding hydrogens is 629 g/mol. The van der Waals surface area contributed by atoms with Gasteiger partial charge in [-0.05, 0) is 111 Å². The monoisotopic (exact) mass is 662 g/mol. The molecule has 0 N–H and O–H groups in total. The molecular formula is C50H34N2. The minimum Gasteiger partial charge on any atom is -0.310 e. The predicted molar refractivity (Wildman–Crippen MR) is 221 cm³/mol. The number of fused-ring (bicyclic) bond motifs is 5. The van der Waals surface area contributed by atoms with Crippen LogP contribution in [0.1, 0.15) is 0 Å². The number of hydrogen-bond acceptors (Lipinski definition) is 1. The SMILES string of the molecule is c1ccc(-c2cccc(N(c3ccc(-c4cccc5ccccc45)cc3)c3ccc(-n4c5ccccc5c5cc6ccccc6cc54)cc3)c2)cc1. The molecule has 2 heteroatoms. The van der Waals surface area contributed by atoms with Crippen LogP contribution in [-0.4, -0.2) is 4.57 Å². The Hall–Kier alpha value is -6.90. The van der Waals surface area contributed by atoms with Crippen LogP contribution in [0.3, 0.4) is 0 Å². The third kappa shape index (κ3) is 5.12. The number of nitrogens with zero attached hydrogens (tertiary/aromatic N) is 2. The van der Waals surface area contributed by atoms with Gasteiger partial charge >= 0.3 is 0 Å². The first-order valence-corrected chi connectivity index (χ1v) is 17.8. The second-order valence-corrected chi connectivity index (χ2v) is 13.4. The van der Waals surface area contributed by atoms with Crippen molar-refractivity contribution in [2.24, 2.45) is 0 Å². The molecule has 244 valence electrons. The molecule has 0 radical (unpaired) electrons. The van der Waals surface area contributed by atoms with E-state index in [1.807, 2.05) is 0 Å². The zero-order valence-corrected chi connectivity index (χ0v) is 28.5. The summed E-state index contributed by atoms with van der Waals surface area (Å²) in [5.41, 5.74) is 11.7. The maximum Gasteiger partial charge on any atom is 0.0547 e. The van der Waals surface area contributed by atoms with Crippen molar-refractivity contribution >= 4 is 60.4 Å². The number of aromatic nitrogens is 1. The molecule has 0 saturated heterocycles. The lowest BCUT2D eigenvalue weighted by Crippen LogP contribution is -2.10. The highest BCUT2D eigenvalue weighted by Crippen LogP contribution is 2.40. The van der Waals surface area contributed by atoms with Crippen molar-refractivity contribution in [2.45, 2.75) is 0 Å². The van der Waals surface area contributed by atoms with E-state index >= 15 is 0 Å². The van der Waals surface area contributed by atoms with Crippen molar-refractivity contribution in [1.29, 1.82) is 0 Å². The van der Waals surface area contributed by atoms with Crippen molar-refractivity contribution in [1.82, 2.24) is 4.57 Å². The summed E-state index contributed by atoms with van der Waals surface area (Å²) in [6.07, 6.45) is 0. The standard InChI is InChI=1S/C50H34N2/c1-2-12-35(13-3-1)38-18-10-19-44(32-38)51(41-26-24-37(25-27-41)46-22-11-17-36-14-6-7-20-45(36)46)42-28-30-43(31-29-42)52-49-23-9-8-21-47(49)48-33-39-15-4-5-16-40(39)34-50(48)52/h1-34H. The van der Waals surface area contributed by atoms with Crippen LogP contribution in [0.15, 0.2) is 206 Å². The molecule has 2 nitrogen and oxygen atoms in total. The van der Waals surface area contributed by atoms with Gasteiger partial charge in [0.2, 0.25) is 0 Å². The maximum absolute atomic E-state index is 2.40. The Kier molecular flexibility index (Phi) is 7.18. The molecule has 0 saturated carbocycles. The average Bonchev–Trinajstić information content (AvgIpc) is 3.54. The highest BCUT2D eigenvalue weighted by atomic mass is 15.1. The van der Waals surface area contributed by atoms with E-state index in [0.717, 1.165) is 22.7 Å². The summed E-state index contributed by atoms with van der Waals surface area (Å²) in [6.45, 7) is 0. The molecule has 0 spiro atoms. The van der Waals surface area contributed by atoms with E-state index in [2.05, 4.69) is 216 Å². The number of anilines is 3. The van der Waals surface area contributed by atoms with Gasteiger partial charge < -0.3 is 9.47 Å². The third-order valence-electron chi connectivity index (χ3n) is 10.3. The summed E-state index contributed by atoms with van der Waals surface area (Å²) >= 11 is 0. The summed E-state index contributed by atoms with van der Waals surface area (Å²) in [5, 5.41) is 7.54. The first kappa shape index (κ1) is 30.0. The molecule has 52 heavy (non-hydrogen) atoms. The van der Waals surface area contributed by atoms with Gasteiger partial charge in [-0.3, -0.25) is 0 Å². The van der Waals surface area contributed by atoms with Gasteiger partial charge in [0, 0.05) is 33.5 Å². The minimum atomic E-state index is 1.10. The maximum atomic E-state index is 2.40. The Balaban J connectivity index is 1.11. The Morgan fingerprint density at radius 3 is 1.69 bits per heavy atom. The van der Waals surface area contributed by atoms with Crippen LogP contribution in [-0.2, 0) is 0 Å². The van der Waals surface area contributed by atoms with Crippen LogP contribution < -0.4 is 4.90 Å². The van der Waals surface area contributed by atoms with Gasteiger partial charge in [-0.15, -0.1) is 0 Å². The van der Waals surface area contributed by atoms with Gasteiger partial charge in [-0.2, -0.15) is 0 Å². The zero-order chi connectivity index (χ0) is 34.4. The summed E-state index contributed by atoms with van der Waals surface area (Å²) in [5.74, 6) is 0. The molecule has 9 aromatic carbocycles. The lowest BCUT2D eigenvalue weighted by Gasteiger charge is -2.26. The van der Waals surface area contributed by atoms with E-state index in [-0.39, 0.29) is 0 Å². The second kappa shape index (κ2) is 12.5. The first-order valence-electron chi connectivity index (χ1n) is 17.8. The first-order chi connectivity index (χ1) is 25.8. The van der Waals surface area contributed by atoms with E-state index < -0.39 is 0 Å². The molecule has 0 bridgehead atoms. The van der Waals surface area contributed by atoms with Gasteiger partial charge in [-0.25, -0.2) is 0 Å². The molecule has 0 amide bonds. The van der Waals surface area contributed by atoms with Crippen LogP contribution in [0.4, 0.5) is 17.1 Å². The van der Waals surface area contributed by atoms with Crippen LogP contribution in [0.2, 0.25) is 0 Å². The molecule has 1 aromatic heterocycles. The molecule has 10 rings (SSSR count). The lowest BCUT2D eigenvalue weighted by molar-refractivity contribution is 1.17. The fourth-order valence-corrected chi connectivity index (χ4v) is 7.85. The Bertz CT molecular complexity index is 2880. The van der Waals surface area contributed by atoms with Gasteiger partial charge in [-0.1, -0.05) is 140 Å². The van der Waals surface area contributed by atoms with Crippen LogP contribution >= 0.6 is 0 Å². The number of para-hydroxylation sites is 1. The number of benzene rings is 9. The van der Waals surface area contributed by atoms with Crippen LogP contribution in [0.25, 0.3) is 71.3 Å². The molecule has 0 aliphatic carbocycles. The minimum absolute atomic E-state index is 1.10. The molecule has 0 aliphatic rings. The Morgan fingerprint density at radius 2 is 0.904 bits per heavy atom. The average molecular weight is 663 g/mol. The largest absolute Gasteiger partial charge is 0.310 e. The lowest BCUT2D eigenvalue weighted by atomic mass is 9.98. The molecule has 0 unspecified atom stereocenters. The predicted octanol–water partition coefficient (Wildman–Crippen LogP) is 13.9. The Morgan fingerprint density at radius 1 is 0.308 bits per heavy atom. The smallest absolute Gasteiger partial charge is 0.0547 e. The summed E-state index contributed by atoms with van der Waals surface area (Å²) in [7, 11) is 0. The molecule has 10 aromatic rings. The topological polar surface area (TPSA) is 8.17 Å². The van der Waals surface area contributed by atoms with Gasteiger partial charge in [0.05, 0.1) is 11.0 Å². The van der Waals surface area contributed by atoms with Crippen molar-refractivity contribution in [2.75, 3.05) is 4.90 Å². The van der Waals surface area contributed by atoms with Crippen LogP contribution in [0, 0.1) is 0 Å². The molecule has 0 aliphatic heterocycles. The molecule has 0 atom stereocenters. The fourth-order valence-electron chi connectivity index (χ4n) is 7.85. The fraction of sp³-hybridized carbons (Fsp3) is 0. The van der Waals surface area contributed by atoms with E-state index in [4.69, 9.17) is 0 Å². The molecule has 1 heterocycles. The Labute approximate surface area is 303 Å². The van der Waals surface area contributed by atoms with Crippen molar-refractivity contribution in [3.63, 3.8) is 0 Å². The van der Waals surface area contributed by atoms with Gasteiger partial charge in [0.25, 0.3) is 0 Å². The highest BCUT2D eigenvalue weighted by molar-refractivity contribution is 6.13. The van der Waals surface area contributed by atoms with Crippen molar-refractivity contribution in [3.05, 3.63) is 206 Å². The van der Waals surface area contributed by atoms with Crippen LogP contribution in [0.5, 0.6) is 0 Å². The van der Waals surface area contributed by atoms with Crippen molar-refractivity contribution in [3.8, 4) is 27.9 Å².